The predicted octanol–water partition coefficient (Wildman–Crippen LogP) is 7.08. The molecule has 8 heteroatoms. The van der Waals surface area contributed by atoms with Crippen molar-refractivity contribution in [3.05, 3.63) is 85.4 Å². The number of ether oxygens (including phenoxy) is 2. The summed E-state index contributed by atoms with van der Waals surface area (Å²) < 4.78 is 12.3. The average molecular weight is 593 g/mol. The monoisotopic (exact) mass is 592 g/mol. The normalized spacial score (nSPS) is 10.9. The van der Waals surface area contributed by atoms with Crippen LogP contribution in [0.5, 0.6) is 11.5 Å². The molecule has 1 N–H and O–H groups in total. The van der Waals surface area contributed by atoms with Crippen LogP contribution in [0.3, 0.4) is 0 Å². The minimum atomic E-state index is -0.285. The second kappa shape index (κ2) is 11.9. The molecule has 0 fully saturated rings. The maximum Gasteiger partial charge on any atom is 0.262 e. The number of hydrogen-bond acceptors (Lipinski definition) is 4. The van der Waals surface area contributed by atoms with Crippen LogP contribution >= 0.6 is 45.8 Å². The molecule has 3 rings (SSSR count). The summed E-state index contributed by atoms with van der Waals surface area (Å²) in [4.78, 5) is 12.3. The SMILES string of the molecule is CCOc1cc(/C=C(\C#N)c2ccc(Cl)cc2Cl)cc(I)c1OCC(=O)Nc1ccccc1. The highest BCUT2D eigenvalue weighted by molar-refractivity contribution is 14.1. The molecule has 5 nitrogen and oxygen atoms in total. The molecule has 0 saturated carbocycles. The zero-order chi connectivity index (χ0) is 23.8. The first kappa shape index (κ1) is 24.9. The first-order chi connectivity index (χ1) is 15.9. The number of benzene rings is 3. The molecule has 33 heavy (non-hydrogen) atoms. The summed E-state index contributed by atoms with van der Waals surface area (Å²) >= 11 is 14.4. The molecular weight excluding hydrogens is 574 g/mol. The Labute approximate surface area is 216 Å². The zero-order valence-corrected chi connectivity index (χ0v) is 21.2. The third-order valence-electron chi connectivity index (χ3n) is 4.39. The van der Waals surface area contributed by atoms with Crippen LogP contribution in [0, 0.1) is 14.9 Å². The van der Waals surface area contributed by atoms with Crippen molar-refractivity contribution < 1.29 is 14.3 Å². The van der Waals surface area contributed by atoms with Gasteiger partial charge in [0.1, 0.15) is 0 Å². The number of rotatable bonds is 8. The van der Waals surface area contributed by atoms with Crippen molar-refractivity contribution >= 4 is 69.0 Å². The Morgan fingerprint density at radius 3 is 2.55 bits per heavy atom. The van der Waals surface area contributed by atoms with Gasteiger partial charge in [0.15, 0.2) is 18.1 Å². The molecule has 0 aromatic heterocycles. The summed E-state index contributed by atoms with van der Waals surface area (Å²) in [6.45, 7) is 2.09. The Morgan fingerprint density at radius 1 is 1.12 bits per heavy atom. The van der Waals surface area contributed by atoms with E-state index < -0.39 is 0 Å². The van der Waals surface area contributed by atoms with E-state index in [0.29, 0.717) is 45.0 Å². The van der Waals surface area contributed by atoms with Gasteiger partial charge in [0.2, 0.25) is 0 Å². The number of allylic oxidation sites excluding steroid dienone is 1. The molecule has 0 aliphatic rings. The van der Waals surface area contributed by atoms with Crippen LogP contribution in [0.25, 0.3) is 11.6 Å². The van der Waals surface area contributed by atoms with Crippen molar-refractivity contribution in [3.63, 3.8) is 0 Å². The molecule has 3 aromatic carbocycles. The van der Waals surface area contributed by atoms with Gasteiger partial charge >= 0.3 is 0 Å². The van der Waals surface area contributed by atoms with E-state index in [4.69, 9.17) is 32.7 Å². The van der Waals surface area contributed by atoms with Crippen LogP contribution in [-0.4, -0.2) is 19.1 Å². The van der Waals surface area contributed by atoms with E-state index in [2.05, 4.69) is 34.0 Å². The van der Waals surface area contributed by atoms with Gasteiger partial charge in [-0.15, -0.1) is 0 Å². The standard InChI is InChI=1S/C25H19Cl2IN2O3/c1-2-32-23-12-16(10-17(14-29)20-9-8-18(26)13-21(20)27)11-22(28)25(23)33-15-24(31)30-19-6-4-3-5-7-19/h3-13H,2,15H2,1H3,(H,30,31)/b17-10+. The minimum absolute atomic E-state index is 0.177. The fourth-order valence-corrected chi connectivity index (χ4v) is 4.27. The number of amides is 1. The van der Waals surface area contributed by atoms with Gasteiger partial charge in [-0.25, -0.2) is 0 Å². The van der Waals surface area contributed by atoms with Crippen molar-refractivity contribution in [3.8, 4) is 17.6 Å². The molecule has 0 aliphatic carbocycles. The number of nitrogens with zero attached hydrogens (tertiary/aromatic N) is 1. The topological polar surface area (TPSA) is 71.3 Å². The second-order valence-electron chi connectivity index (χ2n) is 6.76. The van der Waals surface area contributed by atoms with Gasteiger partial charge in [0, 0.05) is 16.3 Å². The van der Waals surface area contributed by atoms with Crippen molar-refractivity contribution in [2.24, 2.45) is 0 Å². The van der Waals surface area contributed by atoms with E-state index in [9.17, 15) is 10.1 Å². The predicted molar refractivity (Wildman–Crippen MR) is 141 cm³/mol. The molecule has 168 valence electrons. The molecule has 0 unspecified atom stereocenters. The van der Waals surface area contributed by atoms with Crippen molar-refractivity contribution in [2.75, 3.05) is 18.5 Å². The molecule has 3 aromatic rings. The number of carbonyl (C=O) groups is 1. The number of nitriles is 1. The van der Waals surface area contributed by atoms with E-state index in [1.807, 2.05) is 31.2 Å². The van der Waals surface area contributed by atoms with Gasteiger partial charge in [-0.2, -0.15) is 5.26 Å². The van der Waals surface area contributed by atoms with E-state index >= 15 is 0 Å². The molecule has 0 bridgehead atoms. The van der Waals surface area contributed by atoms with Gasteiger partial charge in [-0.1, -0.05) is 47.5 Å². The maximum atomic E-state index is 12.3. The minimum Gasteiger partial charge on any atom is -0.490 e. The molecule has 0 radical (unpaired) electrons. The molecule has 0 atom stereocenters. The summed E-state index contributed by atoms with van der Waals surface area (Å²) in [5.74, 6) is 0.649. The van der Waals surface area contributed by atoms with Crippen molar-refractivity contribution in [2.45, 2.75) is 6.92 Å². The van der Waals surface area contributed by atoms with Crippen LogP contribution in [0.15, 0.2) is 60.7 Å². The number of para-hydroxylation sites is 1. The third kappa shape index (κ3) is 6.87. The van der Waals surface area contributed by atoms with Crippen LogP contribution in [0.2, 0.25) is 10.0 Å². The number of hydrogen-bond donors (Lipinski definition) is 1. The molecule has 0 aliphatic heterocycles. The second-order valence-corrected chi connectivity index (χ2v) is 8.77. The highest BCUT2D eigenvalue weighted by Gasteiger charge is 2.15. The maximum absolute atomic E-state index is 12.3. The molecule has 0 spiro atoms. The number of anilines is 1. The Kier molecular flexibility index (Phi) is 9.01. The van der Waals surface area contributed by atoms with Gasteiger partial charge in [0.25, 0.3) is 5.91 Å². The number of nitrogens with one attached hydrogen (secondary N) is 1. The van der Waals surface area contributed by atoms with E-state index in [-0.39, 0.29) is 12.5 Å². The highest BCUT2D eigenvalue weighted by Crippen LogP contribution is 2.36. The molecule has 1 amide bonds. The Hall–Kier alpha value is -2.73. The van der Waals surface area contributed by atoms with Crippen molar-refractivity contribution in [1.29, 1.82) is 5.26 Å². The first-order valence-corrected chi connectivity index (χ1v) is 11.8. The lowest BCUT2D eigenvalue weighted by Crippen LogP contribution is -2.20. The van der Waals surface area contributed by atoms with E-state index in [1.165, 1.54) is 0 Å². The van der Waals surface area contributed by atoms with Gasteiger partial charge < -0.3 is 14.8 Å². The quantitative estimate of drug-likeness (QED) is 0.172. The van der Waals surface area contributed by atoms with Gasteiger partial charge in [-0.3, -0.25) is 4.79 Å². The van der Waals surface area contributed by atoms with Crippen LogP contribution in [-0.2, 0) is 4.79 Å². The molecular formula is C25H19Cl2IN2O3. The van der Waals surface area contributed by atoms with Crippen molar-refractivity contribution in [1.82, 2.24) is 0 Å². The Balaban J connectivity index is 1.85. The number of carbonyl (C=O) groups excluding carboxylic acids is 1. The molecule has 0 heterocycles. The summed E-state index contributed by atoms with van der Waals surface area (Å²) in [6, 6.07) is 19.9. The summed E-state index contributed by atoms with van der Waals surface area (Å²) in [6.07, 6.45) is 1.71. The summed E-state index contributed by atoms with van der Waals surface area (Å²) in [7, 11) is 0. The van der Waals surface area contributed by atoms with Crippen LogP contribution in [0.1, 0.15) is 18.1 Å². The van der Waals surface area contributed by atoms with Gasteiger partial charge in [-0.05, 0) is 77.6 Å². The number of halogens is 3. The zero-order valence-electron chi connectivity index (χ0n) is 17.6. The van der Waals surface area contributed by atoms with E-state index in [0.717, 1.165) is 9.13 Å². The fraction of sp³-hybridized carbons (Fsp3) is 0.120. The van der Waals surface area contributed by atoms with Crippen LogP contribution in [0.4, 0.5) is 5.69 Å². The lowest BCUT2D eigenvalue weighted by atomic mass is 10.0. The lowest BCUT2D eigenvalue weighted by molar-refractivity contribution is -0.118. The lowest BCUT2D eigenvalue weighted by Gasteiger charge is -2.15. The van der Waals surface area contributed by atoms with Gasteiger partial charge in [0.05, 0.1) is 26.8 Å². The first-order valence-electron chi connectivity index (χ1n) is 9.92. The van der Waals surface area contributed by atoms with E-state index in [1.54, 1.807) is 42.5 Å². The average Bonchev–Trinajstić information content (AvgIpc) is 2.78. The Bertz CT molecular complexity index is 1220. The largest absolute Gasteiger partial charge is 0.490 e. The Morgan fingerprint density at radius 2 is 1.88 bits per heavy atom. The summed E-state index contributed by atoms with van der Waals surface area (Å²) in [5.41, 5.74) is 2.38. The smallest absolute Gasteiger partial charge is 0.262 e. The summed E-state index contributed by atoms with van der Waals surface area (Å²) in [5, 5.41) is 13.3. The van der Waals surface area contributed by atoms with Crippen LogP contribution < -0.4 is 14.8 Å². The third-order valence-corrected chi connectivity index (χ3v) is 5.74. The fourth-order valence-electron chi connectivity index (χ4n) is 2.98. The molecule has 0 saturated heterocycles. The highest BCUT2D eigenvalue weighted by atomic mass is 127.